The number of pyridine rings is 1. The summed E-state index contributed by atoms with van der Waals surface area (Å²) in [5, 5.41) is 6.36. The average Bonchev–Trinajstić information content (AvgIpc) is 2.44. The molecule has 2 atom stereocenters. The van der Waals surface area contributed by atoms with Gasteiger partial charge in [-0.25, -0.2) is 4.79 Å². The summed E-state index contributed by atoms with van der Waals surface area (Å²) in [5.74, 6) is 0. The lowest BCUT2D eigenvalue weighted by Crippen LogP contribution is -2.43. The molecule has 22 heavy (non-hydrogen) atoms. The molecule has 0 bridgehead atoms. The van der Waals surface area contributed by atoms with Gasteiger partial charge in [0.25, 0.3) is 0 Å². The fourth-order valence-corrected chi connectivity index (χ4v) is 2.18. The number of amides is 1. The third kappa shape index (κ3) is 7.41. The number of hydrogen-bond acceptors (Lipinski definition) is 4. The minimum Gasteiger partial charge on any atom is -0.444 e. The Kier molecular flexibility index (Phi) is 7.32. The second-order valence-corrected chi connectivity index (χ2v) is 6.51. The van der Waals surface area contributed by atoms with Crippen molar-refractivity contribution in [3.05, 3.63) is 30.1 Å². The van der Waals surface area contributed by atoms with Crippen LogP contribution in [0.2, 0.25) is 0 Å². The molecule has 2 N–H and O–H groups in total. The SMILES string of the molecule is CCCC(CNC(=O)OC(C)(C)C)NC(C)c1ccccn1. The Labute approximate surface area is 133 Å². The van der Waals surface area contributed by atoms with E-state index in [-0.39, 0.29) is 18.2 Å². The Balaban J connectivity index is 2.50. The summed E-state index contributed by atoms with van der Waals surface area (Å²) in [5.41, 5.74) is 0.528. The van der Waals surface area contributed by atoms with Gasteiger partial charge in [0.05, 0.1) is 5.69 Å². The number of alkyl carbamates (subject to hydrolysis) is 1. The molecule has 1 rings (SSSR count). The van der Waals surface area contributed by atoms with E-state index in [1.165, 1.54) is 0 Å². The minimum atomic E-state index is -0.473. The number of nitrogens with one attached hydrogen (secondary N) is 2. The normalized spacial score (nSPS) is 14.2. The van der Waals surface area contributed by atoms with Crippen LogP contribution in [0.4, 0.5) is 4.79 Å². The van der Waals surface area contributed by atoms with Crippen LogP contribution in [0.1, 0.15) is 59.2 Å². The zero-order chi connectivity index (χ0) is 16.6. The molecule has 5 nitrogen and oxygen atoms in total. The molecule has 0 radical (unpaired) electrons. The molecule has 5 heteroatoms. The maximum Gasteiger partial charge on any atom is 0.407 e. The maximum atomic E-state index is 11.7. The molecule has 0 aliphatic carbocycles. The summed E-state index contributed by atoms with van der Waals surface area (Å²) in [6.45, 7) is 10.3. The van der Waals surface area contributed by atoms with Crippen molar-refractivity contribution in [2.24, 2.45) is 0 Å². The van der Waals surface area contributed by atoms with Gasteiger partial charge in [-0.1, -0.05) is 19.4 Å². The first-order valence-electron chi connectivity index (χ1n) is 7.95. The van der Waals surface area contributed by atoms with Gasteiger partial charge in [-0.15, -0.1) is 0 Å². The fraction of sp³-hybridized carbons (Fsp3) is 0.647. The molecule has 0 fully saturated rings. The zero-order valence-corrected chi connectivity index (χ0v) is 14.3. The summed E-state index contributed by atoms with van der Waals surface area (Å²) in [4.78, 5) is 16.1. The first-order valence-corrected chi connectivity index (χ1v) is 7.95. The molecule has 0 aliphatic rings. The fourth-order valence-electron chi connectivity index (χ4n) is 2.18. The number of hydrogen-bond donors (Lipinski definition) is 2. The molecule has 0 saturated heterocycles. The molecule has 0 aliphatic heterocycles. The van der Waals surface area contributed by atoms with Crippen LogP contribution in [0.15, 0.2) is 24.4 Å². The number of rotatable bonds is 7. The van der Waals surface area contributed by atoms with Crippen molar-refractivity contribution in [2.45, 2.75) is 65.1 Å². The van der Waals surface area contributed by atoms with Gasteiger partial charge < -0.3 is 15.4 Å². The molecule has 2 unspecified atom stereocenters. The third-order valence-electron chi connectivity index (χ3n) is 3.15. The first-order chi connectivity index (χ1) is 10.3. The second-order valence-electron chi connectivity index (χ2n) is 6.51. The molecule has 1 amide bonds. The van der Waals surface area contributed by atoms with E-state index in [0.29, 0.717) is 6.54 Å². The molecular formula is C17H29N3O2. The largest absolute Gasteiger partial charge is 0.444 e. The van der Waals surface area contributed by atoms with Gasteiger partial charge in [-0.3, -0.25) is 4.98 Å². The highest BCUT2D eigenvalue weighted by Crippen LogP contribution is 2.11. The molecule has 124 valence electrons. The molecule has 1 heterocycles. The summed E-state index contributed by atoms with van der Waals surface area (Å²) < 4.78 is 5.27. The van der Waals surface area contributed by atoms with Gasteiger partial charge in [-0.05, 0) is 46.2 Å². The van der Waals surface area contributed by atoms with Crippen LogP contribution in [0.5, 0.6) is 0 Å². The van der Waals surface area contributed by atoms with Crippen molar-refractivity contribution in [1.82, 2.24) is 15.6 Å². The second kappa shape index (κ2) is 8.73. The van der Waals surface area contributed by atoms with Gasteiger partial charge >= 0.3 is 6.09 Å². The predicted molar refractivity (Wildman–Crippen MR) is 88.7 cm³/mol. The lowest BCUT2D eigenvalue weighted by atomic mass is 10.1. The van der Waals surface area contributed by atoms with E-state index in [0.717, 1.165) is 18.5 Å². The average molecular weight is 307 g/mol. The summed E-state index contributed by atoms with van der Waals surface area (Å²) in [6.07, 6.45) is 3.44. The van der Waals surface area contributed by atoms with Crippen molar-refractivity contribution < 1.29 is 9.53 Å². The molecule has 1 aromatic heterocycles. The molecular weight excluding hydrogens is 278 g/mol. The summed E-state index contributed by atoms with van der Waals surface area (Å²) in [6, 6.07) is 6.22. The lowest BCUT2D eigenvalue weighted by molar-refractivity contribution is 0.0521. The van der Waals surface area contributed by atoms with Crippen LogP contribution in [0, 0.1) is 0 Å². The highest BCUT2D eigenvalue weighted by Gasteiger charge is 2.18. The van der Waals surface area contributed by atoms with E-state index in [1.54, 1.807) is 6.20 Å². The Morgan fingerprint density at radius 3 is 2.64 bits per heavy atom. The Hall–Kier alpha value is -1.62. The Morgan fingerprint density at radius 1 is 1.36 bits per heavy atom. The Morgan fingerprint density at radius 2 is 2.09 bits per heavy atom. The van der Waals surface area contributed by atoms with Crippen LogP contribution in [-0.2, 0) is 4.74 Å². The van der Waals surface area contributed by atoms with Gasteiger partial charge in [0.15, 0.2) is 0 Å². The lowest BCUT2D eigenvalue weighted by Gasteiger charge is -2.25. The van der Waals surface area contributed by atoms with Crippen LogP contribution in [-0.4, -0.2) is 29.3 Å². The van der Waals surface area contributed by atoms with Crippen LogP contribution >= 0.6 is 0 Å². The van der Waals surface area contributed by atoms with Gasteiger partial charge in [0.2, 0.25) is 0 Å². The van der Waals surface area contributed by atoms with Crippen LogP contribution in [0.25, 0.3) is 0 Å². The zero-order valence-electron chi connectivity index (χ0n) is 14.3. The summed E-state index contributed by atoms with van der Waals surface area (Å²) in [7, 11) is 0. The van der Waals surface area contributed by atoms with Gasteiger partial charge in [0, 0.05) is 24.8 Å². The van der Waals surface area contributed by atoms with Crippen molar-refractivity contribution in [3.8, 4) is 0 Å². The van der Waals surface area contributed by atoms with E-state index in [2.05, 4.69) is 29.5 Å². The molecule has 0 aromatic carbocycles. The molecule has 0 saturated carbocycles. The van der Waals surface area contributed by atoms with E-state index in [1.807, 2.05) is 39.0 Å². The first kappa shape index (κ1) is 18.4. The third-order valence-corrected chi connectivity index (χ3v) is 3.15. The predicted octanol–water partition coefficient (Wildman–Crippen LogP) is 3.43. The number of aromatic nitrogens is 1. The van der Waals surface area contributed by atoms with Crippen molar-refractivity contribution in [3.63, 3.8) is 0 Å². The van der Waals surface area contributed by atoms with E-state index >= 15 is 0 Å². The van der Waals surface area contributed by atoms with E-state index < -0.39 is 5.60 Å². The minimum absolute atomic E-state index is 0.137. The highest BCUT2D eigenvalue weighted by molar-refractivity contribution is 5.67. The van der Waals surface area contributed by atoms with Gasteiger partial charge in [0.1, 0.15) is 5.60 Å². The monoisotopic (exact) mass is 307 g/mol. The Bertz CT molecular complexity index is 443. The summed E-state index contributed by atoms with van der Waals surface area (Å²) >= 11 is 0. The van der Waals surface area contributed by atoms with Gasteiger partial charge in [-0.2, -0.15) is 0 Å². The maximum absolute atomic E-state index is 11.7. The highest BCUT2D eigenvalue weighted by atomic mass is 16.6. The smallest absolute Gasteiger partial charge is 0.407 e. The van der Waals surface area contributed by atoms with Crippen molar-refractivity contribution in [1.29, 1.82) is 0 Å². The van der Waals surface area contributed by atoms with Crippen molar-refractivity contribution in [2.75, 3.05) is 6.54 Å². The van der Waals surface area contributed by atoms with Crippen LogP contribution < -0.4 is 10.6 Å². The number of carbonyl (C=O) groups is 1. The number of nitrogens with zero attached hydrogens (tertiary/aromatic N) is 1. The van der Waals surface area contributed by atoms with E-state index in [9.17, 15) is 4.79 Å². The van der Waals surface area contributed by atoms with Crippen LogP contribution in [0.3, 0.4) is 0 Å². The number of carbonyl (C=O) groups excluding carboxylic acids is 1. The van der Waals surface area contributed by atoms with E-state index in [4.69, 9.17) is 4.74 Å². The quantitative estimate of drug-likeness (QED) is 0.810. The number of ether oxygens (including phenoxy) is 1. The molecule has 1 aromatic rings. The standard InChI is InChI=1S/C17H29N3O2/c1-6-9-14(12-19-16(21)22-17(3,4)5)20-13(2)15-10-7-8-11-18-15/h7-8,10-11,13-14,20H,6,9,12H2,1-5H3,(H,19,21). The topological polar surface area (TPSA) is 63.2 Å². The van der Waals surface area contributed by atoms with Crippen molar-refractivity contribution >= 4 is 6.09 Å². The molecule has 0 spiro atoms.